The minimum absolute atomic E-state index is 0.298. The van der Waals surface area contributed by atoms with Crippen LogP contribution in [0.4, 0.5) is 0 Å². The molecule has 0 bridgehead atoms. The first-order valence-electron chi connectivity index (χ1n) is 4.52. The molecule has 0 rings (SSSR count). The van der Waals surface area contributed by atoms with E-state index in [9.17, 15) is 0 Å². The lowest BCUT2D eigenvalue weighted by Crippen LogP contribution is -2.17. The number of hydrogen-bond acceptors (Lipinski definition) is 2. The zero-order chi connectivity index (χ0) is 8.36. The summed E-state index contributed by atoms with van der Waals surface area (Å²) in [6.07, 6.45) is 5.67. The van der Waals surface area contributed by atoms with Crippen molar-refractivity contribution in [3.63, 3.8) is 0 Å². The summed E-state index contributed by atoms with van der Waals surface area (Å²) >= 11 is 0. The first kappa shape index (κ1) is 10.9. The van der Waals surface area contributed by atoms with Gasteiger partial charge in [-0.05, 0) is 25.9 Å². The van der Waals surface area contributed by atoms with Crippen LogP contribution in [-0.2, 0) is 0 Å². The topological polar surface area (TPSA) is 32.3 Å². The number of nitrogens with one attached hydrogen (secondary N) is 1. The first-order valence-corrected chi connectivity index (χ1v) is 4.52. The molecule has 2 N–H and O–H groups in total. The molecule has 0 aliphatic carbocycles. The van der Waals surface area contributed by atoms with Gasteiger partial charge in [0, 0.05) is 6.61 Å². The van der Waals surface area contributed by atoms with Crippen molar-refractivity contribution in [2.24, 2.45) is 0 Å². The Labute approximate surface area is 70.0 Å². The van der Waals surface area contributed by atoms with E-state index in [1.54, 1.807) is 0 Å². The lowest BCUT2D eigenvalue weighted by Gasteiger charge is -2.01. The number of hydrogen-bond donors (Lipinski definition) is 2. The van der Waals surface area contributed by atoms with Crippen LogP contribution in [0.15, 0.2) is 0 Å². The molecule has 0 saturated heterocycles. The Morgan fingerprint density at radius 3 is 2.36 bits per heavy atom. The summed E-state index contributed by atoms with van der Waals surface area (Å²) in [4.78, 5) is 0. The Bertz CT molecular complexity index is 58.6. The minimum atomic E-state index is 0.298. The van der Waals surface area contributed by atoms with Crippen LogP contribution in [0.1, 0.15) is 32.1 Å². The van der Waals surface area contributed by atoms with Crippen LogP contribution in [0.2, 0.25) is 0 Å². The number of unbranched alkanes of at least 4 members (excludes halogenated alkanes) is 3. The third-order valence-corrected chi connectivity index (χ3v) is 1.62. The van der Waals surface area contributed by atoms with Gasteiger partial charge in [-0.25, -0.2) is 0 Å². The van der Waals surface area contributed by atoms with Gasteiger partial charge < -0.3 is 10.4 Å². The van der Waals surface area contributed by atoms with Crippen molar-refractivity contribution in [3.8, 4) is 0 Å². The average molecular weight is 158 g/mol. The van der Waals surface area contributed by atoms with Gasteiger partial charge >= 0.3 is 0 Å². The summed E-state index contributed by atoms with van der Waals surface area (Å²) in [6, 6.07) is 0. The van der Waals surface area contributed by atoms with Gasteiger partial charge in [0.2, 0.25) is 0 Å². The number of aliphatic hydroxyl groups is 1. The van der Waals surface area contributed by atoms with Crippen molar-refractivity contribution < 1.29 is 5.11 Å². The van der Waals surface area contributed by atoms with Crippen LogP contribution in [0.3, 0.4) is 0 Å². The quantitative estimate of drug-likeness (QED) is 0.523. The predicted octanol–water partition coefficient (Wildman–Crippen LogP) is 1.35. The minimum Gasteiger partial charge on any atom is -0.396 e. The Morgan fingerprint density at radius 2 is 1.73 bits per heavy atom. The molecular formula is C9H20NO. The summed E-state index contributed by atoms with van der Waals surface area (Å²) in [6.45, 7) is 6.11. The average Bonchev–Trinajstić information content (AvgIpc) is 2.03. The second kappa shape index (κ2) is 9.92. The SMILES string of the molecule is [CH2]CCCCCNCCCO. The first-order chi connectivity index (χ1) is 5.41. The van der Waals surface area contributed by atoms with E-state index in [0.717, 1.165) is 25.9 Å². The van der Waals surface area contributed by atoms with E-state index in [2.05, 4.69) is 12.2 Å². The zero-order valence-electron chi connectivity index (χ0n) is 7.31. The summed E-state index contributed by atoms with van der Waals surface area (Å²) in [7, 11) is 0. The zero-order valence-corrected chi connectivity index (χ0v) is 7.31. The second-order valence-electron chi connectivity index (χ2n) is 2.74. The van der Waals surface area contributed by atoms with E-state index in [-0.39, 0.29) is 0 Å². The Hall–Kier alpha value is -0.0800. The molecule has 0 saturated carbocycles. The maximum Gasteiger partial charge on any atom is 0.0443 e. The van der Waals surface area contributed by atoms with Gasteiger partial charge in [0.1, 0.15) is 0 Å². The molecule has 0 unspecified atom stereocenters. The van der Waals surface area contributed by atoms with Crippen LogP contribution >= 0.6 is 0 Å². The molecule has 0 heterocycles. The van der Waals surface area contributed by atoms with Crippen molar-refractivity contribution in [1.82, 2.24) is 5.32 Å². The van der Waals surface area contributed by atoms with Gasteiger partial charge in [0.05, 0.1) is 0 Å². The highest BCUT2D eigenvalue weighted by Crippen LogP contribution is 1.96. The molecule has 0 aromatic carbocycles. The molecule has 11 heavy (non-hydrogen) atoms. The summed E-state index contributed by atoms with van der Waals surface area (Å²) in [5, 5.41) is 11.7. The van der Waals surface area contributed by atoms with Gasteiger partial charge in [-0.1, -0.05) is 26.2 Å². The Morgan fingerprint density at radius 1 is 1.00 bits per heavy atom. The van der Waals surface area contributed by atoms with Crippen molar-refractivity contribution in [2.45, 2.75) is 32.1 Å². The van der Waals surface area contributed by atoms with Crippen LogP contribution in [0.25, 0.3) is 0 Å². The molecule has 1 radical (unpaired) electrons. The molecule has 2 heteroatoms. The maximum absolute atomic E-state index is 8.46. The Kier molecular flexibility index (Phi) is 9.85. The second-order valence-corrected chi connectivity index (χ2v) is 2.74. The van der Waals surface area contributed by atoms with Crippen LogP contribution in [0.5, 0.6) is 0 Å². The molecule has 0 aliphatic heterocycles. The smallest absolute Gasteiger partial charge is 0.0443 e. The van der Waals surface area contributed by atoms with E-state index in [1.807, 2.05) is 0 Å². The van der Waals surface area contributed by atoms with Crippen LogP contribution < -0.4 is 5.32 Å². The van der Waals surface area contributed by atoms with Crippen LogP contribution in [-0.4, -0.2) is 24.8 Å². The highest BCUT2D eigenvalue weighted by atomic mass is 16.3. The molecule has 0 aliphatic rings. The molecular weight excluding hydrogens is 138 g/mol. The fourth-order valence-corrected chi connectivity index (χ4v) is 0.933. The molecule has 0 amide bonds. The lowest BCUT2D eigenvalue weighted by atomic mass is 10.2. The molecule has 2 nitrogen and oxygen atoms in total. The van der Waals surface area contributed by atoms with Crippen molar-refractivity contribution in [2.75, 3.05) is 19.7 Å². The van der Waals surface area contributed by atoms with E-state index in [1.165, 1.54) is 19.3 Å². The van der Waals surface area contributed by atoms with Gasteiger partial charge in [-0.15, -0.1) is 0 Å². The number of rotatable bonds is 8. The van der Waals surface area contributed by atoms with Gasteiger partial charge in [0.25, 0.3) is 0 Å². The fraction of sp³-hybridized carbons (Fsp3) is 0.889. The highest BCUT2D eigenvalue weighted by Gasteiger charge is 1.87. The monoisotopic (exact) mass is 158 g/mol. The molecule has 0 spiro atoms. The maximum atomic E-state index is 8.46. The van der Waals surface area contributed by atoms with E-state index < -0.39 is 0 Å². The Balaban J connectivity index is 2.69. The fourth-order valence-electron chi connectivity index (χ4n) is 0.933. The van der Waals surface area contributed by atoms with E-state index >= 15 is 0 Å². The molecule has 0 atom stereocenters. The summed E-state index contributed by atoms with van der Waals surface area (Å²) < 4.78 is 0. The van der Waals surface area contributed by atoms with E-state index in [4.69, 9.17) is 5.11 Å². The third kappa shape index (κ3) is 9.92. The van der Waals surface area contributed by atoms with E-state index in [0.29, 0.717) is 6.61 Å². The highest BCUT2D eigenvalue weighted by molar-refractivity contribution is 4.49. The standard InChI is InChI=1S/C9H20NO/c1-2-3-4-5-7-10-8-6-9-11/h10-11H,1-9H2. The molecule has 0 aromatic rings. The van der Waals surface area contributed by atoms with Crippen molar-refractivity contribution in [3.05, 3.63) is 6.92 Å². The largest absolute Gasteiger partial charge is 0.396 e. The predicted molar refractivity (Wildman–Crippen MR) is 48.4 cm³/mol. The van der Waals surface area contributed by atoms with Crippen molar-refractivity contribution in [1.29, 1.82) is 0 Å². The lowest BCUT2D eigenvalue weighted by molar-refractivity contribution is 0.286. The van der Waals surface area contributed by atoms with Crippen molar-refractivity contribution >= 4 is 0 Å². The molecule has 0 aromatic heterocycles. The summed E-state index contributed by atoms with van der Waals surface area (Å²) in [5.74, 6) is 0. The molecule has 0 fully saturated rings. The van der Waals surface area contributed by atoms with Gasteiger partial charge in [-0.3, -0.25) is 0 Å². The third-order valence-electron chi connectivity index (χ3n) is 1.62. The summed E-state index contributed by atoms with van der Waals surface area (Å²) in [5.41, 5.74) is 0. The van der Waals surface area contributed by atoms with Gasteiger partial charge in [0.15, 0.2) is 0 Å². The molecule has 67 valence electrons. The normalized spacial score (nSPS) is 10.4. The van der Waals surface area contributed by atoms with Gasteiger partial charge in [-0.2, -0.15) is 0 Å². The van der Waals surface area contributed by atoms with Crippen LogP contribution in [0, 0.1) is 6.92 Å². The number of aliphatic hydroxyl groups excluding tert-OH is 1.